The molecule has 0 aromatic heterocycles. The lowest BCUT2D eigenvalue weighted by Crippen LogP contribution is -2.61. The van der Waals surface area contributed by atoms with Crippen LogP contribution in [-0.4, -0.2) is 43.5 Å². The summed E-state index contributed by atoms with van der Waals surface area (Å²) in [4.78, 5) is 2.41. The molecule has 2 aliphatic rings. The molecule has 2 rings (SSSR count). The first-order valence-corrected chi connectivity index (χ1v) is 7.82. The summed E-state index contributed by atoms with van der Waals surface area (Å²) < 4.78 is 23.3. The summed E-state index contributed by atoms with van der Waals surface area (Å²) >= 11 is 0. The van der Waals surface area contributed by atoms with E-state index in [1.54, 1.807) is 0 Å². The molecule has 1 unspecified atom stereocenters. The summed E-state index contributed by atoms with van der Waals surface area (Å²) in [5.74, 6) is 0.414. The lowest BCUT2D eigenvalue weighted by Gasteiger charge is -2.45. The molecule has 0 aromatic carbocycles. The van der Waals surface area contributed by atoms with Gasteiger partial charge in [0.1, 0.15) is 0 Å². The van der Waals surface area contributed by atoms with Crippen molar-refractivity contribution in [3.63, 3.8) is 0 Å². The third-order valence-electron chi connectivity index (χ3n) is 3.73. The van der Waals surface area contributed by atoms with Crippen LogP contribution in [0.2, 0.25) is 0 Å². The molecule has 2 heterocycles. The molecule has 0 bridgehead atoms. The summed E-state index contributed by atoms with van der Waals surface area (Å²) in [5.41, 5.74) is 0. The number of likely N-dealkylation sites (tertiary alicyclic amines) is 1. The van der Waals surface area contributed by atoms with Gasteiger partial charge in [-0.25, -0.2) is 8.42 Å². The van der Waals surface area contributed by atoms with E-state index in [0.717, 1.165) is 25.9 Å². The van der Waals surface area contributed by atoms with Crippen molar-refractivity contribution in [2.24, 2.45) is 0 Å². The first-order valence-electron chi connectivity index (χ1n) is 6.11. The molecular formula is C11H21NO2S. The van der Waals surface area contributed by atoms with Crippen LogP contribution in [-0.2, 0) is 9.84 Å². The molecule has 0 aromatic rings. The van der Waals surface area contributed by atoms with Crippen LogP contribution < -0.4 is 0 Å². The number of hydrogen-bond donors (Lipinski definition) is 0. The summed E-state index contributed by atoms with van der Waals surface area (Å²) in [6, 6.07) is 0.343. The molecule has 2 atom stereocenters. The zero-order valence-corrected chi connectivity index (χ0v) is 10.3. The highest BCUT2D eigenvalue weighted by Gasteiger charge is 2.47. The predicted octanol–water partition coefficient (Wildman–Crippen LogP) is 1.44. The largest absolute Gasteiger partial charge is 0.298 e. The van der Waals surface area contributed by atoms with Gasteiger partial charge in [-0.2, -0.15) is 0 Å². The van der Waals surface area contributed by atoms with Gasteiger partial charge in [0, 0.05) is 6.04 Å². The van der Waals surface area contributed by atoms with E-state index in [1.807, 2.05) is 0 Å². The SMILES string of the molecule is CCC[C@H]1C(N2CCCCC2)CS1(=O)=O. The fourth-order valence-corrected chi connectivity index (χ4v) is 4.98. The van der Waals surface area contributed by atoms with Crippen molar-refractivity contribution < 1.29 is 8.42 Å². The zero-order valence-electron chi connectivity index (χ0n) is 9.48. The second kappa shape index (κ2) is 4.42. The minimum atomic E-state index is -2.72. The fourth-order valence-electron chi connectivity index (χ4n) is 2.83. The highest BCUT2D eigenvalue weighted by atomic mass is 32.2. The first kappa shape index (κ1) is 11.4. The van der Waals surface area contributed by atoms with Gasteiger partial charge in [0.25, 0.3) is 0 Å². The monoisotopic (exact) mass is 231 g/mol. The van der Waals surface area contributed by atoms with Gasteiger partial charge in [-0.3, -0.25) is 4.90 Å². The summed E-state index contributed by atoms with van der Waals surface area (Å²) in [6.07, 6.45) is 5.64. The molecular weight excluding hydrogens is 210 g/mol. The van der Waals surface area contributed by atoms with E-state index >= 15 is 0 Å². The van der Waals surface area contributed by atoms with Crippen molar-refractivity contribution in [2.45, 2.75) is 50.3 Å². The van der Waals surface area contributed by atoms with Crippen molar-refractivity contribution >= 4 is 9.84 Å². The Labute approximate surface area is 92.8 Å². The predicted molar refractivity (Wildman–Crippen MR) is 61.7 cm³/mol. The molecule has 4 heteroatoms. The molecule has 3 nitrogen and oxygen atoms in total. The van der Waals surface area contributed by atoms with Crippen molar-refractivity contribution in [2.75, 3.05) is 18.8 Å². The quantitative estimate of drug-likeness (QED) is 0.737. The summed E-state index contributed by atoms with van der Waals surface area (Å²) in [7, 11) is -2.72. The van der Waals surface area contributed by atoms with Crippen molar-refractivity contribution in [3.05, 3.63) is 0 Å². The molecule has 0 aliphatic carbocycles. The number of sulfone groups is 1. The van der Waals surface area contributed by atoms with Gasteiger partial charge in [0.05, 0.1) is 11.0 Å². The van der Waals surface area contributed by atoms with Gasteiger partial charge in [0.2, 0.25) is 0 Å². The van der Waals surface area contributed by atoms with Crippen LogP contribution in [0.15, 0.2) is 0 Å². The Morgan fingerprint density at radius 2 is 1.87 bits per heavy atom. The second-order valence-electron chi connectivity index (χ2n) is 4.82. The maximum Gasteiger partial charge on any atom is 0.156 e. The molecule has 2 fully saturated rings. The Hall–Kier alpha value is -0.0900. The minimum absolute atomic E-state index is 0.0550. The molecule has 15 heavy (non-hydrogen) atoms. The second-order valence-corrected chi connectivity index (χ2v) is 7.09. The molecule has 0 saturated carbocycles. The summed E-state index contributed by atoms with van der Waals surface area (Å²) in [5, 5.41) is -0.0550. The Morgan fingerprint density at radius 1 is 1.20 bits per heavy atom. The fraction of sp³-hybridized carbons (Fsp3) is 1.00. The number of piperidine rings is 1. The van der Waals surface area contributed by atoms with Crippen LogP contribution >= 0.6 is 0 Å². The van der Waals surface area contributed by atoms with Crippen LogP contribution in [0, 0.1) is 0 Å². The summed E-state index contributed by atoms with van der Waals surface area (Å²) in [6.45, 7) is 4.29. The highest BCUT2D eigenvalue weighted by Crippen LogP contribution is 2.31. The lowest BCUT2D eigenvalue weighted by atomic mass is 10.0. The van der Waals surface area contributed by atoms with Crippen molar-refractivity contribution in [1.82, 2.24) is 4.90 Å². The Bertz CT molecular complexity index is 307. The number of rotatable bonds is 3. The minimum Gasteiger partial charge on any atom is -0.298 e. The van der Waals surface area contributed by atoms with Gasteiger partial charge >= 0.3 is 0 Å². The average molecular weight is 231 g/mol. The Kier molecular flexibility index (Phi) is 3.36. The highest BCUT2D eigenvalue weighted by molar-refractivity contribution is 7.93. The Balaban J connectivity index is 1.98. The molecule has 2 saturated heterocycles. The van der Waals surface area contributed by atoms with Gasteiger partial charge in [-0.15, -0.1) is 0 Å². The lowest BCUT2D eigenvalue weighted by molar-refractivity contribution is 0.155. The molecule has 0 amide bonds. The van der Waals surface area contributed by atoms with Gasteiger partial charge in [-0.05, 0) is 32.4 Å². The topological polar surface area (TPSA) is 37.4 Å². The maximum atomic E-state index is 11.6. The zero-order chi connectivity index (χ0) is 10.9. The van der Waals surface area contributed by atoms with E-state index in [1.165, 1.54) is 19.3 Å². The van der Waals surface area contributed by atoms with Crippen LogP contribution in [0.25, 0.3) is 0 Å². The van der Waals surface area contributed by atoms with Crippen LogP contribution in [0.3, 0.4) is 0 Å². The molecule has 0 spiro atoms. The van der Waals surface area contributed by atoms with Crippen LogP contribution in [0.4, 0.5) is 0 Å². The Morgan fingerprint density at radius 3 is 2.40 bits per heavy atom. The van der Waals surface area contributed by atoms with Crippen molar-refractivity contribution in [1.29, 1.82) is 0 Å². The molecule has 0 N–H and O–H groups in total. The number of hydrogen-bond acceptors (Lipinski definition) is 3. The van der Waals surface area contributed by atoms with Crippen LogP contribution in [0.1, 0.15) is 39.0 Å². The molecule has 2 aliphatic heterocycles. The number of nitrogens with zero attached hydrogens (tertiary/aromatic N) is 1. The van der Waals surface area contributed by atoms with Crippen LogP contribution in [0.5, 0.6) is 0 Å². The third kappa shape index (κ3) is 2.21. The standard InChI is InChI=1S/C11H21NO2S/c1-2-6-11-10(9-15(11,13)14)12-7-4-3-5-8-12/h10-11H,2-9H2,1H3/t10?,11-/m0/s1. The normalized spacial score (nSPS) is 36.1. The van der Waals surface area contributed by atoms with E-state index in [2.05, 4.69) is 11.8 Å². The van der Waals surface area contributed by atoms with Gasteiger partial charge < -0.3 is 0 Å². The average Bonchev–Trinajstić information content (AvgIpc) is 2.24. The van der Waals surface area contributed by atoms with E-state index < -0.39 is 9.84 Å². The molecule has 0 radical (unpaired) electrons. The van der Waals surface area contributed by atoms with Gasteiger partial charge in [0.15, 0.2) is 9.84 Å². The van der Waals surface area contributed by atoms with E-state index in [0.29, 0.717) is 11.8 Å². The first-order chi connectivity index (χ1) is 7.15. The van der Waals surface area contributed by atoms with E-state index in [9.17, 15) is 8.42 Å². The van der Waals surface area contributed by atoms with E-state index in [4.69, 9.17) is 0 Å². The molecule has 88 valence electrons. The van der Waals surface area contributed by atoms with Crippen molar-refractivity contribution in [3.8, 4) is 0 Å². The third-order valence-corrected chi connectivity index (χ3v) is 6.00. The van der Waals surface area contributed by atoms with Gasteiger partial charge in [-0.1, -0.05) is 19.8 Å². The smallest absolute Gasteiger partial charge is 0.156 e. The maximum absolute atomic E-state index is 11.6. The van der Waals surface area contributed by atoms with E-state index in [-0.39, 0.29) is 5.25 Å².